The number of benzene rings is 1. The van der Waals surface area contributed by atoms with Crippen LogP contribution in [0.2, 0.25) is 5.02 Å². The zero-order valence-electron chi connectivity index (χ0n) is 12.0. The summed E-state index contributed by atoms with van der Waals surface area (Å²) in [6.07, 6.45) is 2.48. The third-order valence-electron chi connectivity index (χ3n) is 3.04. The summed E-state index contributed by atoms with van der Waals surface area (Å²) in [5, 5.41) is 5.91. The van der Waals surface area contributed by atoms with Crippen LogP contribution in [0.15, 0.2) is 47.1 Å². The van der Waals surface area contributed by atoms with Gasteiger partial charge < -0.3 is 15.1 Å². The molecule has 0 atom stereocenters. The molecule has 0 aliphatic carbocycles. The first kappa shape index (κ1) is 16.1. The van der Waals surface area contributed by atoms with Crippen LogP contribution in [0.3, 0.4) is 0 Å². The van der Waals surface area contributed by atoms with Crippen LogP contribution >= 0.6 is 11.6 Å². The Morgan fingerprint density at radius 2 is 1.82 bits per heavy atom. The van der Waals surface area contributed by atoms with Gasteiger partial charge >= 0.3 is 0 Å². The Bertz CT molecular complexity index is 609. The molecule has 116 valence electrons. The van der Waals surface area contributed by atoms with Crippen molar-refractivity contribution in [3.8, 4) is 0 Å². The molecule has 1 heterocycles. The van der Waals surface area contributed by atoms with Gasteiger partial charge in [-0.25, -0.2) is 0 Å². The predicted molar refractivity (Wildman–Crippen MR) is 83.3 cm³/mol. The summed E-state index contributed by atoms with van der Waals surface area (Å²) in [4.78, 5) is 23.3. The standard InChI is InChI=1S/C16H17ClN2O3/c17-13-6-3-12(4-7-13)5-8-15(20)19-11-16(21)18-10-14-2-1-9-22-14/h1-4,6-7,9H,5,8,10-11H2,(H,18,21)(H,19,20). The lowest BCUT2D eigenvalue weighted by molar-refractivity contribution is -0.126. The van der Waals surface area contributed by atoms with Gasteiger partial charge in [0.05, 0.1) is 19.4 Å². The molecule has 0 radical (unpaired) electrons. The lowest BCUT2D eigenvalue weighted by atomic mass is 10.1. The molecular weight excluding hydrogens is 304 g/mol. The van der Waals surface area contributed by atoms with Crippen molar-refractivity contribution >= 4 is 23.4 Å². The molecule has 2 rings (SSSR count). The zero-order valence-corrected chi connectivity index (χ0v) is 12.7. The smallest absolute Gasteiger partial charge is 0.239 e. The fourth-order valence-electron chi connectivity index (χ4n) is 1.84. The van der Waals surface area contributed by atoms with E-state index in [4.69, 9.17) is 16.0 Å². The van der Waals surface area contributed by atoms with Crippen molar-refractivity contribution < 1.29 is 14.0 Å². The average molecular weight is 321 g/mol. The minimum absolute atomic E-state index is 0.0415. The van der Waals surface area contributed by atoms with Crippen molar-refractivity contribution in [2.75, 3.05) is 6.54 Å². The lowest BCUT2D eigenvalue weighted by Crippen LogP contribution is -2.36. The Kier molecular flexibility index (Phi) is 6.03. The third kappa shape index (κ3) is 5.61. The van der Waals surface area contributed by atoms with E-state index < -0.39 is 0 Å². The zero-order chi connectivity index (χ0) is 15.8. The molecule has 0 fully saturated rings. The molecule has 1 aromatic heterocycles. The molecule has 0 unspecified atom stereocenters. The molecule has 0 aliphatic rings. The molecule has 5 nitrogen and oxygen atoms in total. The number of hydrogen-bond acceptors (Lipinski definition) is 3. The molecule has 1 aromatic carbocycles. The summed E-state index contributed by atoms with van der Waals surface area (Å²) in [6.45, 7) is 0.270. The van der Waals surface area contributed by atoms with E-state index in [1.807, 2.05) is 12.1 Å². The van der Waals surface area contributed by atoms with Gasteiger partial charge in [0.2, 0.25) is 11.8 Å². The first-order valence-corrected chi connectivity index (χ1v) is 7.31. The van der Waals surface area contributed by atoms with E-state index >= 15 is 0 Å². The summed E-state index contributed by atoms with van der Waals surface area (Å²) in [6, 6.07) is 10.9. The monoisotopic (exact) mass is 320 g/mol. The number of halogens is 1. The Balaban J connectivity index is 1.62. The highest BCUT2D eigenvalue weighted by atomic mass is 35.5. The topological polar surface area (TPSA) is 71.3 Å². The van der Waals surface area contributed by atoms with Crippen molar-refractivity contribution in [3.63, 3.8) is 0 Å². The van der Waals surface area contributed by atoms with E-state index in [2.05, 4.69) is 10.6 Å². The molecule has 6 heteroatoms. The summed E-state index contributed by atoms with van der Waals surface area (Å²) < 4.78 is 5.09. The van der Waals surface area contributed by atoms with E-state index in [-0.39, 0.29) is 18.4 Å². The first-order valence-electron chi connectivity index (χ1n) is 6.94. The molecule has 2 N–H and O–H groups in total. The van der Waals surface area contributed by atoms with E-state index in [1.165, 1.54) is 0 Å². The SMILES string of the molecule is O=C(CCc1ccc(Cl)cc1)NCC(=O)NCc1ccco1. The normalized spacial score (nSPS) is 10.2. The van der Waals surface area contributed by atoms with E-state index in [9.17, 15) is 9.59 Å². The Hall–Kier alpha value is -2.27. The molecule has 2 amide bonds. The van der Waals surface area contributed by atoms with Crippen molar-refractivity contribution in [1.82, 2.24) is 10.6 Å². The number of carbonyl (C=O) groups excluding carboxylic acids is 2. The number of hydrogen-bond donors (Lipinski definition) is 2. The highest BCUT2D eigenvalue weighted by Gasteiger charge is 2.06. The third-order valence-corrected chi connectivity index (χ3v) is 3.29. The predicted octanol–water partition coefficient (Wildman–Crippen LogP) is 2.30. The molecule has 0 bridgehead atoms. The largest absolute Gasteiger partial charge is 0.467 e. The van der Waals surface area contributed by atoms with Gasteiger partial charge in [-0.15, -0.1) is 0 Å². The molecule has 2 aromatic rings. The number of carbonyl (C=O) groups is 2. The van der Waals surface area contributed by atoms with E-state index in [0.717, 1.165) is 5.56 Å². The van der Waals surface area contributed by atoms with Crippen molar-refractivity contribution in [2.24, 2.45) is 0 Å². The maximum absolute atomic E-state index is 11.7. The molecule has 22 heavy (non-hydrogen) atoms. The summed E-state index contributed by atoms with van der Waals surface area (Å²) >= 11 is 5.80. The molecule has 0 saturated heterocycles. The Morgan fingerprint density at radius 1 is 1.05 bits per heavy atom. The highest BCUT2D eigenvalue weighted by Crippen LogP contribution is 2.10. The van der Waals surface area contributed by atoms with Crippen LogP contribution in [0.25, 0.3) is 0 Å². The summed E-state index contributed by atoms with van der Waals surface area (Å²) in [7, 11) is 0. The number of nitrogens with one attached hydrogen (secondary N) is 2. The van der Waals surface area contributed by atoms with Gasteiger partial charge in [-0.05, 0) is 36.2 Å². The van der Waals surface area contributed by atoms with E-state index in [0.29, 0.717) is 30.2 Å². The molecule has 0 saturated carbocycles. The van der Waals surface area contributed by atoms with Crippen LogP contribution in [0.4, 0.5) is 0 Å². The number of furan rings is 1. The second-order valence-electron chi connectivity index (χ2n) is 4.76. The van der Waals surface area contributed by atoms with Gasteiger partial charge in [0.25, 0.3) is 0 Å². The minimum Gasteiger partial charge on any atom is -0.467 e. The van der Waals surface area contributed by atoms with Gasteiger partial charge in [-0.1, -0.05) is 23.7 Å². The van der Waals surface area contributed by atoms with Crippen LogP contribution in [-0.2, 0) is 22.6 Å². The fraction of sp³-hybridized carbons (Fsp3) is 0.250. The van der Waals surface area contributed by atoms with Gasteiger partial charge in [-0.3, -0.25) is 9.59 Å². The minimum atomic E-state index is -0.253. The summed E-state index contributed by atoms with van der Waals surface area (Å²) in [5.74, 6) is 0.252. The highest BCUT2D eigenvalue weighted by molar-refractivity contribution is 6.30. The summed E-state index contributed by atoms with van der Waals surface area (Å²) in [5.41, 5.74) is 1.03. The fourth-order valence-corrected chi connectivity index (χ4v) is 1.96. The van der Waals surface area contributed by atoms with Gasteiger partial charge in [0, 0.05) is 11.4 Å². The maximum atomic E-state index is 11.7. The maximum Gasteiger partial charge on any atom is 0.239 e. The van der Waals surface area contributed by atoms with Crippen molar-refractivity contribution in [1.29, 1.82) is 0 Å². The Morgan fingerprint density at radius 3 is 2.50 bits per heavy atom. The van der Waals surface area contributed by atoms with Gasteiger partial charge in [0.1, 0.15) is 5.76 Å². The van der Waals surface area contributed by atoms with Crippen molar-refractivity contribution in [2.45, 2.75) is 19.4 Å². The first-order chi connectivity index (χ1) is 10.6. The molecule has 0 aliphatic heterocycles. The van der Waals surface area contributed by atoms with Crippen molar-refractivity contribution in [3.05, 3.63) is 59.0 Å². The number of amides is 2. The molecule has 0 spiro atoms. The van der Waals surface area contributed by atoms with Crippen LogP contribution < -0.4 is 10.6 Å². The molecular formula is C16H17ClN2O3. The van der Waals surface area contributed by atoms with Crippen LogP contribution in [0.1, 0.15) is 17.7 Å². The Labute approximate surface area is 133 Å². The number of rotatable bonds is 7. The number of aryl methyl sites for hydroxylation is 1. The van der Waals surface area contributed by atoms with Crippen LogP contribution in [0, 0.1) is 0 Å². The van der Waals surface area contributed by atoms with Crippen LogP contribution in [0.5, 0.6) is 0 Å². The van der Waals surface area contributed by atoms with E-state index in [1.54, 1.807) is 30.5 Å². The van der Waals surface area contributed by atoms with Gasteiger partial charge in [-0.2, -0.15) is 0 Å². The quantitative estimate of drug-likeness (QED) is 0.822. The van der Waals surface area contributed by atoms with Crippen LogP contribution in [-0.4, -0.2) is 18.4 Å². The second kappa shape index (κ2) is 8.24. The second-order valence-corrected chi connectivity index (χ2v) is 5.20. The van der Waals surface area contributed by atoms with Gasteiger partial charge in [0.15, 0.2) is 0 Å². The lowest BCUT2D eigenvalue weighted by Gasteiger charge is -2.06. The average Bonchev–Trinajstić information content (AvgIpc) is 3.04.